The molecule has 1 amide bonds. The highest BCUT2D eigenvalue weighted by Crippen LogP contribution is 2.19. The summed E-state index contributed by atoms with van der Waals surface area (Å²) >= 11 is 1.40. The third-order valence-electron chi connectivity index (χ3n) is 2.04. The van der Waals surface area contributed by atoms with Crippen LogP contribution in [0.15, 0.2) is 28.0 Å². The van der Waals surface area contributed by atoms with Crippen LogP contribution in [0.4, 0.5) is 0 Å². The van der Waals surface area contributed by atoms with Gasteiger partial charge in [0.15, 0.2) is 10.9 Å². The molecular formula is C10H11N5O2S. The summed E-state index contributed by atoms with van der Waals surface area (Å²) in [6, 6.07) is 3.35. The zero-order chi connectivity index (χ0) is 13.0. The van der Waals surface area contributed by atoms with Crippen molar-refractivity contribution < 1.29 is 9.32 Å². The number of hydrogen-bond acceptors (Lipinski definition) is 7. The monoisotopic (exact) mass is 265 g/mol. The Labute approximate surface area is 107 Å². The van der Waals surface area contributed by atoms with Crippen molar-refractivity contribution >= 4 is 17.7 Å². The van der Waals surface area contributed by atoms with Crippen molar-refractivity contribution in [1.82, 2.24) is 20.6 Å². The van der Waals surface area contributed by atoms with E-state index in [4.69, 9.17) is 10.4 Å². The van der Waals surface area contributed by atoms with Gasteiger partial charge in [0.1, 0.15) is 5.76 Å². The molecule has 2 rings (SSSR count). The normalized spacial score (nSPS) is 10.3. The summed E-state index contributed by atoms with van der Waals surface area (Å²) in [6.07, 6.45) is 1.69. The number of carbonyl (C=O) groups excluding carboxylic acids is 1. The molecule has 94 valence electrons. The number of nitrogens with one attached hydrogen (secondary N) is 1. The molecule has 0 saturated carbocycles. The number of hydrogen-bond donors (Lipinski definition) is 2. The molecule has 2 heterocycles. The number of hydrazine groups is 1. The maximum atomic E-state index is 11.2. The molecule has 18 heavy (non-hydrogen) atoms. The van der Waals surface area contributed by atoms with Gasteiger partial charge in [-0.05, 0) is 13.0 Å². The van der Waals surface area contributed by atoms with Gasteiger partial charge in [-0.3, -0.25) is 10.2 Å². The molecule has 0 atom stereocenters. The number of aromatic nitrogens is 3. The van der Waals surface area contributed by atoms with E-state index in [1.807, 2.05) is 18.4 Å². The molecule has 0 aliphatic rings. The summed E-state index contributed by atoms with van der Waals surface area (Å²) in [5, 5.41) is 4.24. The van der Waals surface area contributed by atoms with Gasteiger partial charge in [0.2, 0.25) is 0 Å². The summed E-state index contributed by atoms with van der Waals surface area (Å²) in [6.45, 7) is 1.89. The van der Waals surface area contributed by atoms with Gasteiger partial charge >= 0.3 is 0 Å². The average Bonchev–Trinajstić information content (AvgIpc) is 2.84. The summed E-state index contributed by atoms with van der Waals surface area (Å²) in [7, 11) is 0. The molecule has 2 aromatic rings. The highest BCUT2D eigenvalue weighted by atomic mass is 32.2. The predicted octanol–water partition coefficient (Wildman–Crippen LogP) is 0.669. The van der Waals surface area contributed by atoms with E-state index in [1.165, 1.54) is 17.8 Å². The van der Waals surface area contributed by atoms with Crippen LogP contribution in [0.5, 0.6) is 0 Å². The summed E-state index contributed by atoms with van der Waals surface area (Å²) in [5.74, 6) is 5.56. The zero-order valence-electron chi connectivity index (χ0n) is 9.58. The predicted molar refractivity (Wildman–Crippen MR) is 64.5 cm³/mol. The smallest absolute Gasteiger partial charge is 0.287 e. The molecule has 7 nitrogen and oxygen atoms in total. The van der Waals surface area contributed by atoms with Crippen molar-refractivity contribution in [2.75, 3.05) is 0 Å². The van der Waals surface area contributed by atoms with Crippen molar-refractivity contribution in [1.29, 1.82) is 0 Å². The van der Waals surface area contributed by atoms with E-state index in [-0.39, 0.29) is 5.69 Å². The molecule has 2 aromatic heterocycles. The van der Waals surface area contributed by atoms with Gasteiger partial charge in [-0.2, -0.15) is 0 Å². The topological polar surface area (TPSA) is 107 Å². The largest absolute Gasteiger partial charge is 0.360 e. The maximum Gasteiger partial charge on any atom is 0.287 e. The van der Waals surface area contributed by atoms with Crippen LogP contribution in [-0.4, -0.2) is 21.0 Å². The lowest BCUT2D eigenvalue weighted by atomic mass is 10.4. The molecule has 0 aliphatic carbocycles. The SMILES string of the molecule is Cc1ccnc(SCc2cc(C(=O)NN)no2)n1. The van der Waals surface area contributed by atoms with Gasteiger partial charge in [-0.25, -0.2) is 15.8 Å². The van der Waals surface area contributed by atoms with Crippen molar-refractivity contribution in [3.8, 4) is 0 Å². The third kappa shape index (κ3) is 3.05. The van der Waals surface area contributed by atoms with Gasteiger partial charge in [-0.15, -0.1) is 0 Å². The molecular weight excluding hydrogens is 254 g/mol. The fraction of sp³-hybridized carbons (Fsp3) is 0.200. The van der Waals surface area contributed by atoms with Gasteiger partial charge < -0.3 is 4.52 Å². The third-order valence-corrected chi connectivity index (χ3v) is 2.92. The number of rotatable bonds is 4. The summed E-state index contributed by atoms with van der Waals surface area (Å²) < 4.78 is 5.00. The van der Waals surface area contributed by atoms with Crippen molar-refractivity contribution in [3.05, 3.63) is 35.5 Å². The Morgan fingerprint density at radius 3 is 3.17 bits per heavy atom. The van der Waals surface area contributed by atoms with Crippen LogP contribution in [0.25, 0.3) is 0 Å². The van der Waals surface area contributed by atoms with E-state index in [9.17, 15) is 4.79 Å². The first-order chi connectivity index (χ1) is 8.69. The first-order valence-electron chi connectivity index (χ1n) is 5.08. The molecule has 0 aromatic carbocycles. The number of amides is 1. The Morgan fingerprint density at radius 1 is 1.61 bits per heavy atom. The van der Waals surface area contributed by atoms with Gasteiger partial charge in [-0.1, -0.05) is 16.9 Å². The molecule has 0 bridgehead atoms. The van der Waals surface area contributed by atoms with Crippen LogP contribution in [0.3, 0.4) is 0 Å². The Balaban J connectivity index is 1.98. The summed E-state index contributed by atoms with van der Waals surface area (Å²) in [5.41, 5.74) is 3.03. The van der Waals surface area contributed by atoms with Crippen LogP contribution < -0.4 is 11.3 Å². The standard InChI is InChI=1S/C10H11N5O2S/c1-6-2-3-12-10(13-6)18-5-7-4-8(15-17-7)9(16)14-11/h2-4H,5,11H2,1H3,(H,14,16). The Hall–Kier alpha value is -1.93. The minimum absolute atomic E-state index is 0.151. The molecule has 3 N–H and O–H groups in total. The second kappa shape index (κ2) is 5.61. The number of carbonyl (C=O) groups is 1. The quantitative estimate of drug-likeness (QED) is 0.275. The lowest BCUT2D eigenvalue weighted by Gasteiger charge is -1.97. The second-order valence-corrected chi connectivity index (χ2v) is 4.36. The number of thioether (sulfide) groups is 1. The fourth-order valence-electron chi connectivity index (χ4n) is 1.19. The van der Waals surface area contributed by atoms with E-state index in [2.05, 4.69) is 15.1 Å². The van der Waals surface area contributed by atoms with Gasteiger partial charge in [0, 0.05) is 18.0 Å². The van der Waals surface area contributed by atoms with Crippen LogP contribution in [0, 0.1) is 6.92 Å². The maximum absolute atomic E-state index is 11.2. The van der Waals surface area contributed by atoms with Gasteiger partial charge in [0.25, 0.3) is 5.91 Å². The number of nitrogen functional groups attached to an aromatic ring is 1. The number of nitrogens with zero attached hydrogens (tertiary/aromatic N) is 3. The van der Waals surface area contributed by atoms with Gasteiger partial charge in [0.05, 0.1) is 5.75 Å². The molecule has 0 spiro atoms. The second-order valence-electron chi connectivity index (χ2n) is 3.42. The highest BCUT2D eigenvalue weighted by molar-refractivity contribution is 7.98. The minimum Gasteiger partial charge on any atom is -0.360 e. The van der Waals surface area contributed by atoms with E-state index in [1.54, 1.807) is 6.20 Å². The Bertz CT molecular complexity index is 557. The lowest BCUT2D eigenvalue weighted by molar-refractivity contribution is 0.0944. The molecule has 8 heteroatoms. The van der Waals surface area contributed by atoms with E-state index in [0.717, 1.165) is 5.69 Å². The van der Waals surface area contributed by atoms with Crippen molar-refractivity contribution in [2.45, 2.75) is 17.8 Å². The molecule has 0 aliphatic heterocycles. The lowest BCUT2D eigenvalue weighted by Crippen LogP contribution is -2.30. The number of nitrogens with two attached hydrogens (primary N) is 1. The Morgan fingerprint density at radius 2 is 2.44 bits per heavy atom. The van der Waals surface area contributed by atoms with Crippen LogP contribution in [-0.2, 0) is 5.75 Å². The molecule has 0 unspecified atom stereocenters. The number of aryl methyl sites for hydroxylation is 1. The van der Waals surface area contributed by atoms with E-state index < -0.39 is 5.91 Å². The first-order valence-corrected chi connectivity index (χ1v) is 6.06. The summed E-state index contributed by atoms with van der Waals surface area (Å²) in [4.78, 5) is 19.5. The van der Waals surface area contributed by atoms with E-state index in [0.29, 0.717) is 16.7 Å². The highest BCUT2D eigenvalue weighted by Gasteiger charge is 2.11. The molecule has 0 fully saturated rings. The van der Waals surface area contributed by atoms with E-state index >= 15 is 0 Å². The first kappa shape index (κ1) is 12.5. The van der Waals surface area contributed by atoms with Crippen LogP contribution in [0.1, 0.15) is 21.9 Å². The fourth-order valence-corrected chi connectivity index (χ4v) is 1.94. The average molecular weight is 265 g/mol. The van der Waals surface area contributed by atoms with Crippen molar-refractivity contribution in [2.24, 2.45) is 5.84 Å². The van der Waals surface area contributed by atoms with Crippen molar-refractivity contribution in [3.63, 3.8) is 0 Å². The molecule has 0 radical (unpaired) electrons. The van der Waals surface area contributed by atoms with Crippen LogP contribution in [0.2, 0.25) is 0 Å². The zero-order valence-corrected chi connectivity index (χ0v) is 10.4. The molecule has 0 saturated heterocycles. The Kier molecular flexibility index (Phi) is 3.90. The van der Waals surface area contributed by atoms with Crippen LogP contribution >= 0.6 is 11.8 Å². The minimum atomic E-state index is -0.484.